The smallest absolute Gasteiger partial charge is 0.264 e. The van der Waals surface area contributed by atoms with Crippen LogP contribution < -0.4 is 0 Å². The van der Waals surface area contributed by atoms with Gasteiger partial charge < -0.3 is 0 Å². The predicted molar refractivity (Wildman–Crippen MR) is 52.4 cm³/mol. The van der Waals surface area contributed by atoms with Crippen LogP contribution in [0.3, 0.4) is 0 Å². The minimum Gasteiger partial charge on any atom is -0.264 e. The van der Waals surface area contributed by atoms with Gasteiger partial charge in [-0.3, -0.25) is 4.98 Å². The van der Waals surface area contributed by atoms with E-state index in [9.17, 15) is 13.2 Å². The van der Waals surface area contributed by atoms with Gasteiger partial charge in [0, 0.05) is 12.4 Å². The quantitative estimate of drug-likeness (QED) is 0.752. The third-order valence-electron chi connectivity index (χ3n) is 2.48. The number of aromatic nitrogens is 1. The average Bonchev–Trinajstić information content (AvgIpc) is 2.17. The van der Waals surface area contributed by atoms with Crippen molar-refractivity contribution in [1.29, 1.82) is 0 Å². The monoisotopic (exact) mass is 217 g/mol. The molecule has 0 aliphatic carbocycles. The molecule has 0 spiro atoms. The highest BCUT2D eigenvalue weighted by Gasteiger charge is 2.33. The van der Waals surface area contributed by atoms with E-state index in [-0.39, 0.29) is 5.92 Å². The molecule has 84 valence electrons. The second-order valence-corrected chi connectivity index (χ2v) is 3.75. The second-order valence-electron chi connectivity index (χ2n) is 3.75. The molecule has 0 bridgehead atoms. The zero-order valence-corrected chi connectivity index (χ0v) is 8.80. The van der Waals surface area contributed by atoms with Crippen molar-refractivity contribution >= 4 is 0 Å². The lowest BCUT2D eigenvalue weighted by molar-refractivity contribution is -0.138. The van der Waals surface area contributed by atoms with Crippen LogP contribution in [0.5, 0.6) is 0 Å². The van der Waals surface area contributed by atoms with Gasteiger partial charge in [0.2, 0.25) is 0 Å². The van der Waals surface area contributed by atoms with Crippen LogP contribution in [0, 0.1) is 5.92 Å². The molecule has 1 aromatic heterocycles. The largest absolute Gasteiger partial charge is 0.418 e. The molecule has 0 amide bonds. The fourth-order valence-corrected chi connectivity index (χ4v) is 1.38. The zero-order valence-electron chi connectivity index (χ0n) is 8.80. The van der Waals surface area contributed by atoms with Gasteiger partial charge in [0.05, 0.1) is 5.56 Å². The van der Waals surface area contributed by atoms with E-state index in [1.54, 1.807) is 0 Å². The number of alkyl halides is 3. The lowest BCUT2D eigenvalue weighted by Crippen LogP contribution is -2.11. The van der Waals surface area contributed by atoms with E-state index in [1.807, 2.05) is 13.8 Å². The number of nitrogens with zero attached hydrogens (tertiary/aromatic N) is 1. The van der Waals surface area contributed by atoms with Gasteiger partial charge in [-0.15, -0.1) is 0 Å². The number of hydrogen-bond acceptors (Lipinski definition) is 1. The molecule has 0 aliphatic heterocycles. The Morgan fingerprint density at radius 2 is 2.07 bits per heavy atom. The van der Waals surface area contributed by atoms with E-state index in [0.29, 0.717) is 12.0 Å². The highest BCUT2D eigenvalue weighted by Crippen LogP contribution is 2.32. The summed E-state index contributed by atoms with van der Waals surface area (Å²) in [6.45, 7) is 3.92. The van der Waals surface area contributed by atoms with Gasteiger partial charge in [-0.1, -0.05) is 20.3 Å². The summed E-state index contributed by atoms with van der Waals surface area (Å²) in [6, 6.07) is 1.45. The fraction of sp³-hybridized carbons (Fsp3) is 0.545. The summed E-state index contributed by atoms with van der Waals surface area (Å²) < 4.78 is 37.7. The van der Waals surface area contributed by atoms with Gasteiger partial charge in [0.25, 0.3) is 0 Å². The zero-order chi connectivity index (χ0) is 11.5. The molecule has 0 saturated carbocycles. The van der Waals surface area contributed by atoms with Crippen molar-refractivity contribution in [1.82, 2.24) is 4.98 Å². The Kier molecular flexibility index (Phi) is 3.72. The molecule has 4 heteroatoms. The van der Waals surface area contributed by atoms with Crippen LogP contribution >= 0.6 is 0 Å². The first kappa shape index (κ1) is 12.0. The van der Waals surface area contributed by atoms with E-state index >= 15 is 0 Å². The van der Waals surface area contributed by atoms with Crippen molar-refractivity contribution in [3.8, 4) is 0 Å². The van der Waals surface area contributed by atoms with Crippen molar-refractivity contribution in [3.05, 3.63) is 29.6 Å². The van der Waals surface area contributed by atoms with Crippen LogP contribution in [0.2, 0.25) is 0 Å². The molecule has 0 fully saturated rings. The second kappa shape index (κ2) is 4.64. The van der Waals surface area contributed by atoms with Gasteiger partial charge in [-0.2, -0.15) is 13.2 Å². The first-order chi connectivity index (χ1) is 6.95. The standard InChI is InChI=1S/C11H14F3N/c1-3-8(2)6-9-4-5-15-7-10(9)11(12,13)14/h4-5,7-8H,3,6H2,1-2H3. The lowest BCUT2D eigenvalue weighted by Gasteiger charge is -2.14. The van der Waals surface area contributed by atoms with Gasteiger partial charge in [0.1, 0.15) is 0 Å². The topological polar surface area (TPSA) is 12.9 Å². The summed E-state index contributed by atoms with van der Waals surface area (Å²) >= 11 is 0. The summed E-state index contributed by atoms with van der Waals surface area (Å²) in [7, 11) is 0. The first-order valence-corrected chi connectivity index (χ1v) is 4.95. The molecule has 1 unspecified atom stereocenters. The first-order valence-electron chi connectivity index (χ1n) is 4.95. The van der Waals surface area contributed by atoms with E-state index < -0.39 is 11.7 Å². The summed E-state index contributed by atoms with van der Waals surface area (Å²) in [5, 5.41) is 0. The van der Waals surface area contributed by atoms with Crippen molar-refractivity contribution in [2.45, 2.75) is 32.9 Å². The van der Waals surface area contributed by atoms with Crippen molar-refractivity contribution in [3.63, 3.8) is 0 Å². The minimum atomic E-state index is -4.29. The Morgan fingerprint density at radius 1 is 1.40 bits per heavy atom. The van der Waals surface area contributed by atoms with Gasteiger partial charge in [-0.25, -0.2) is 0 Å². The van der Waals surface area contributed by atoms with Crippen LogP contribution in [0.25, 0.3) is 0 Å². The maximum atomic E-state index is 12.6. The van der Waals surface area contributed by atoms with Gasteiger partial charge in [0.15, 0.2) is 0 Å². The van der Waals surface area contributed by atoms with Gasteiger partial charge in [-0.05, 0) is 24.0 Å². The van der Waals surface area contributed by atoms with Crippen LogP contribution in [0.15, 0.2) is 18.5 Å². The summed E-state index contributed by atoms with van der Waals surface area (Å²) in [6.07, 6.45) is -0.658. The Labute approximate surface area is 87.3 Å². The average molecular weight is 217 g/mol. The molecular formula is C11H14F3N. The highest BCUT2D eigenvalue weighted by molar-refractivity contribution is 5.26. The van der Waals surface area contributed by atoms with Gasteiger partial charge >= 0.3 is 6.18 Å². The molecule has 0 radical (unpaired) electrons. The summed E-state index contributed by atoms with van der Waals surface area (Å²) in [5.41, 5.74) is -0.267. The van der Waals surface area contributed by atoms with E-state index in [2.05, 4.69) is 4.98 Å². The van der Waals surface area contributed by atoms with E-state index in [1.165, 1.54) is 12.3 Å². The van der Waals surface area contributed by atoms with Crippen molar-refractivity contribution in [2.75, 3.05) is 0 Å². The molecule has 1 aromatic rings. The molecule has 0 saturated heterocycles. The SMILES string of the molecule is CCC(C)Cc1ccncc1C(F)(F)F. The number of rotatable bonds is 3. The molecular weight excluding hydrogens is 203 g/mol. The molecule has 0 aliphatic rings. The molecule has 1 heterocycles. The van der Waals surface area contributed by atoms with E-state index in [4.69, 9.17) is 0 Å². The maximum Gasteiger partial charge on any atom is 0.418 e. The molecule has 1 nitrogen and oxygen atoms in total. The molecule has 0 N–H and O–H groups in total. The maximum absolute atomic E-state index is 12.6. The van der Waals surface area contributed by atoms with Crippen LogP contribution in [-0.4, -0.2) is 4.98 Å². The highest BCUT2D eigenvalue weighted by atomic mass is 19.4. The lowest BCUT2D eigenvalue weighted by atomic mass is 9.96. The van der Waals surface area contributed by atoms with Crippen LogP contribution in [0.4, 0.5) is 13.2 Å². The third kappa shape index (κ3) is 3.22. The Bertz CT molecular complexity index is 320. The van der Waals surface area contributed by atoms with Crippen molar-refractivity contribution in [2.24, 2.45) is 5.92 Å². The fourth-order valence-electron chi connectivity index (χ4n) is 1.38. The molecule has 15 heavy (non-hydrogen) atoms. The minimum absolute atomic E-state index is 0.258. The number of hydrogen-bond donors (Lipinski definition) is 0. The summed E-state index contributed by atoms with van der Waals surface area (Å²) in [5.74, 6) is 0.258. The molecule has 0 aromatic carbocycles. The summed E-state index contributed by atoms with van der Waals surface area (Å²) in [4.78, 5) is 3.52. The van der Waals surface area contributed by atoms with E-state index in [0.717, 1.165) is 12.6 Å². The molecule has 1 atom stereocenters. The predicted octanol–water partition coefficient (Wildman–Crippen LogP) is 3.69. The third-order valence-corrected chi connectivity index (χ3v) is 2.48. The number of halogens is 3. The molecule has 1 rings (SSSR count). The van der Waals surface area contributed by atoms with Crippen LogP contribution in [0.1, 0.15) is 31.4 Å². The van der Waals surface area contributed by atoms with Crippen LogP contribution in [-0.2, 0) is 12.6 Å². The Balaban J connectivity index is 2.97. The normalized spacial score (nSPS) is 13.9. The Hall–Kier alpha value is -1.06. The Morgan fingerprint density at radius 3 is 2.60 bits per heavy atom. The number of pyridine rings is 1. The van der Waals surface area contributed by atoms with Crippen molar-refractivity contribution < 1.29 is 13.2 Å².